The third-order valence-corrected chi connectivity index (χ3v) is 9.26. The van der Waals surface area contributed by atoms with E-state index in [1.165, 1.54) is 21.8 Å². The molecule has 6 aromatic carbocycles. The second-order valence-electron chi connectivity index (χ2n) is 12.4. The molecular formula is C45H31N5O. The van der Waals surface area contributed by atoms with E-state index in [-0.39, 0.29) is 5.84 Å². The molecule has 0 radical (unpaired) electrons. The fourth-order valence-corrected chi connectivity index (χ4v) is 6.82. The Bertz CT molecular complexity index is 2810. The van der Waals surface area contributed by atoms with E-state index in [4.69, 9.17) is 20.1 Å². The molecule has 0 aliphatic rings. The summed E-state index contributed by atoms with van der Waals surface area (Å²) in [5.41, 5.74) is 16.3. The molecule has 0 spiro atoms. The highest BCUT2D eigenvalue weighted by Crippen LogP contribution is 2.38. The number of aromatic nitrogens is 2. The van der Waals surface area contributed by atoms with Crippen molar-refractivity contribution in [1.82, 2.24) is 9.55 Å². The van der Waals surface area contributed by atoms with Gasteiger partial charge in [-0.15, -0.1) is 0 Å². The fourth-order valence-electron chi connectivity index (χ4n) is 6.82. The number of furan rings is 1. The minimum Gasteiger partial charge on any atom is -0.455 e. The quantitative estimate of drug-likeness (QED) is 0.143. The Balaban J connectivity index is 1.18. The Labute approximate surface area is 294 Å². The van der Waals surface area contributed by atoms with Crippen LogP contribution in [0, 0.1) is 0 Å². The van der Waals surface area contributed by atoms with Gasteiger partial charge >= 0.3 is 0 Å². The molecule has 0 atom stereocenters. The van der Waals surface area contributed by atoms with Crippen molar-refractivity contribution in [2.75, 3.05) is 0 Å². The van der Waals surface area contributed by atoms with E-state index >= 15 is 0 Å². The molecule has 3 aromatic heterocycles. The van der Waals surface area contributed by atoms with Crippen molar-refractivity contribution < 1.29 is 4.42 Å². The maximum Gasteiger partial charge on any atom is 0.165 e. The SMILES string of the molecule is C=C(/N=C(\N=C(/N)c1ccccn1)c1cccc2c1oc1ccc(-c3ccc4c(c3)c3ccccc3n4-c3ccccc3)cc12)c1ccccc1. The highest BCUT2D eigenvalue weighted by Gasteiger charge is 2.18. The first-order chi connectivity index (χ1) is 25.1. The zero-order valence-electron chi connectivity index (χ0n) is 27.6. The number of fused-ring (bicyclic) bond motifs is 6. The highest BCUT2D eigenvalue weighted by molar-refractivity contribution is 6.19. The summed E-state index contributed by atoms with van der Waals surface area (Å²) in [7, 11) is 0. The molecule has 0 saturated heterocycles. The molecule has 6 nitrogen and oxygen atoms in total. The topological polar surface area (TPSA) is 81.7 Å². The maximum atomic E-state index is 6.57. The van der Waals surface area contributed by atoms with Crippen molar-refractivity contribution in [2.45, 2.75) is 0 Å². The molecule has 0 aliphatic heterocycles. The van der Waals surface area contributed by atoms with Crippen molar-refractivity contribution in [2.24, 2.45) is 15.7 Å². The van der Waals surface area contributed by atoms with Gasteiger partial charge in [-0.25, -0.2) is 9.98 Å². The summed E-state index contributed by atoms with van der Waals surface area (Å²) in [6, 6.07) is 53.5. The van der Waals surface area contributed by atoms with Gasteiger partial charge in [0.1, 0.15) is 16.9 Å². The summed E-state index contributed by atoms with van der Waals surface area (Å²) in [6.45, 7) is 4.25. The zero-order valence-corrected chi connectivity index (χ0v) is 27.6. The maximum absolute atomic E-state index is 6.57. The zero-order chi connectivity index (χ0) is 34.3. The van der Waals surface area contributed by atoms with Crippen molar-refractivity contribution >= 4 is 61.1 Å². The van der Waals surface area contributed by atoms with Gasteiger partial charge in [0.2, 0.25) is 0 Å². The predicted octanol–water partition coefficient (Wildman–Crippen LogP) is 10.6. The first-order valence-electron chi connectivity index (χ1n) is 16.8. The van der Waals surface area contributed by atoms with Crippen molar-refractivity contribution in [3.8, 4) is 16.8 Å². The lowest BCUT2D eigenvalue weighted by atomic mass is 10.00. The molecule has 0 unspecified atom stereocenters. The van der Waals surface area contributed by atoms with Gasteiger partial charge in [-0.2, -0.15) is 0 Å². The molecule has 0 amide bonds. The molecular weight excluding hydrogens is 627 g/mol. The lowest BCUT2D eigenvalue weighted by Crippen LogP contribution is -2.17. The van der Waals surface area contributed by atoms with E-state index in [1.807, 2.05) is 72.8 Å². The summed E-state index contributed by atoms with van der Waals surface area (Å²) >= 11 is 0. The van der Waals surface area contributed by atoms with Crippen LogP contribution in [0.25, 0.3) is 66.3 Å². The van der Waals surface area contributed by atoms with Gasteiger partial charge in [0.25, 0.3) is 0 Å². The third-order valence-electron chi connectivity index (χ3n) is 9.26. The molecule has 0 fully saturated rings. The molecule has 0 saturated carbocycles. The normalized spacial score (nSPS) is 12.3. The van der Waals surface area contributed by atoms with Gasteiger partial charge < -0.3 is 14.7 Å². The monoisotopic (exact) mass is 657 g/mol. The van der Waals surface area contributed by atoms with E-state index < -0.39 is 0 Å². The molecule has 3 heterocycles. The Hall–Kier alpha value is -7.05. The Morgan fingerprint density at radius 1 is 0.608 bits per heavy atom. The molecule has 6 heteroatoms. The van der Waals surface area contributed by atoms with Gasteiger partial charge in [0.05, 0.1) is 22.3 Å². The summed E-state index contributed by atoms with van der Waals surface area (Å²) in [6.07, 6.45) is 1.69. The first kappa shape index (κ1) is 30.0. The molecule has 0 aliphatic carbocycles. The number of aliphatic imine (C=N–C) groups is 2. The van der Waals surface area contributed by atoms with Crippen LogP contribution in [0.15, 0.2) is 185 Å². The molecule has 9 aromatic rings. The number of hydrogen-bond acceptors (Lipinski definition) is 3. The average molecular weight is 658 g/mol. The van der Waals surface area contributed by atoms with Crippen LogP contribution in [0.2, 0.25) is 0 Å². The van der Waals surface area contributed by atoms with Crippen LogP contribution in [0.5, 0.6) is 0 Å². The number of nitrogens with two attached hydrogens (primary N) is 1. The molecule has 0 bridgehead atoms. The lowest BCUT2D eigenvalue weighted by molar-refractivity contribution is 0.668. The van der Waals surface area contributed by atoms with Crippen molar-refractivity contribution in [3.63, 3.8) is 0 Å². The second-order valence-corrected chi connectivity index (χ2v) is 12.4. The molecule has 51 heavy (non-hydrogen) atoms. The van der Waals surface area contributed by atoms with E-state index in [1.54, 1.807) is 6.20 Å². The third kappa shape index (κ3) is 5.36. The van der Waals surface area contributed by atoms with Gasteiger partial charge in [-0.05, 0) is 77.4 Å². The van der Waals surface area contributed by atoms with E-state index in [9.17, 15) is 0 Å². The number of amidine groups is 2. The average Bonchev–Trinajstić information content (AvgIpc) is 3.74. The Morgan fingerprint density at radius 2 is 1.29 bits per heavy atom. The Morgan fingerprint density at radius 3 is 2.10 bits per heavy atom. The fraction of sp³-hybridized carbons (Fsp3) is 0. The van der Waals surface area contributed by atoms with Crippen LogP contribution in [-0.4, -0.2) is 21.2 Å². The largest absolute Gasteiger partial charge is 0.455 e. The molecule has 2 N–H and O–H groups in total. The first-order valence-corrected chi connectivity index (χ1v) is 16.8. The van der Waals surface area contributed by atoms with Gasteiger partial charge in [-0.3, -0.25) is 4.98 Å². The van der Waals surface area contributed by atoms with Gasteiger partial charge in [0.15, 0.2) is 11.7 Å². The number of nitrogens with zero attached hydrogens (tertiary/aromatic N) is 4. The molecule has 9 rings (SSSR count). The minimum atomic E-state index is 0.245. The van der Waals surface area contributed by atoms with E-state index in [2.05, 4.69) is 101 Å². The smallest absolute Gasteiger partial charge is 0.165 e. The van der Waals surface area contributed by atoms with Crippen LogP contribution < -0.4 is 5.73 Å². The highest BCUT2D eigenvalue weighted by atomic mass is 16.3. The summed E-state index contributed by atoms with van der Waals surface area (Å²) in [5, 5.41) is 4.37. The number of rotatable bonds is 6. The van der Waals surface area contributed by atoms with Gasteiger partial charge in [0, 0.05) is 33.4 Å². The van der Waals surface area contributed by atoms with Crippen LogP contribution >= 0.6 is 0 Å². The van der Waals surface area contributed by atoms with Crippen molar-refractivity contribution in [3.05, 3.63) is 187 Å². The summed E-state index contributed by atoms with van der Waals surface area (Å²) in [5.74, 6) is 0.631. The minimum absolute atomic E-state index is 0.245. The predicted molar refractivity (Wildman–Crippen MR) is 210 cm³/mol. The number of pyridine rings is 1. The van der Waals surface area contributed by atoms with E-state index in [0.29, 0.717) is 28.4 Å². The van der Waals surface area contributed by atoms with Crippen LogP contribution in [-0.2, 0) is 0 Å². The van der Waals surface area contributed by atoms with Gasteiger partial charge in [-0.1, -0.05) is 104 Å². The number of hydrogen-bond donors (Lipinski definition) is 1. The molecule has 242 valence electrons. The Kier molecular flexibility index (Phi) is 7.33. The lowest BCUT2D eigenvalue weighted by Gasteiger charge is -2.08. The van der Waals surface area contributed by atoms with Crippen molar-refractivity contribution in [1.29, 1.82) is 0 Å². The van der Waals surface area contributed by atoms with Crippen LogP contribution in [0.3, 0.4) is 0 Å². The summed E-state index contributed by atoms with van der Waals surface area (Å²) < 4.78 is 8.90. The number of benzene rings is 6. The van der Waals surface area contributed by atoms with E-state index in [0.717, 1.165) is 38.7 Å². The van der Waals surface area contributed by atoms with Crippen LogP contribution in [0.1, 0.15) is 16.8 Å². The standard InChI is InChI=1S/C45H31N5O/c1-29(30-13-4-2-5-14-30)48-45(49-44(46)39-20-10-11-26-47-39)36-19-12-18-35-38-28-32(23-25-42(38)51-43(35)36)31-22-24-41-37(27-31)34-17-8-9-21-40(34)50(41)33-15-6-3-7-16-33/h2-28H,1H2,(H2,46,48,49). The summed E-state index contributed by atoms with van der Waals surface area (Å²) in [4.78, 5) is 14.1. The number of para-hydroxylation sites is 3. The second kappa shape index (κ2) is 12.4. The van der Waals surface area contributed by atoms with Crippen LogP contribution in [0.4, 0.5) is 0 Å².